The van der Waals surface area contributed by atoms with Crippen LogP contribution in [0, 0.1) is 23.7 Å². The maximum absolute atomic E-state index is 12.4. The number of carbonyl (C=O) groups excluding carboxylic acids is 1. The van der Waals surface area contributed by atoms with E-state index in [-0.39, 0.29) is 17.8 Å². The number of alkyl halides is 1. The molecule has 0 spiro atoms. The van der Waals surface area contributed by atoms with Gasteiger partial charge in [-0.3, -0.25) is 4.79 Å². The molecule has 0 saturated carbocycles. The van der Waals surface area contributed by atoms with Crippen molar-refractivity contribution in [3.05, 3.63) is 65.7 Å². The van der Waals surface area contributed by atoms with Crippen LogP contribution in [0.15, 0.2) is 54.6 Å². The number of benzene rings is 2. The summed E-state index contributed by atoms with van der Waals surface area (Å²) in [6.07, 6.45) is 1.04. The van der Waals surface area contributed by atoms with Crippen LogP contribution in [-0.2, 0) is 10.4 Å². The van der Waals surface area contributed by atoms with E-state index in [0.29, 0.717) is 17.6 Å². The average Bonchev–Trinajstić information content (AvgIpc) is 2.67. The van der Waals surface area contributed by atoms with Crippen molar-refractivity contribution in [1.82, 2.24) is 0 Å². The van der Waals surface area contributed by atoms with Crippen molar-refractivity contribution in [3.8, 4) is 5.75 Å². The molecule has 3 unspecified atom stereocenters. The largest absolute Gasteiger partial charge is 0.426 e. The van der Waals surface area contributed by atoms with E-state index < -0.39 is 9.93 Å². The fraction of sp³-hybridized carbons (Fsp3) is 0.519. The number of halogens is 1. The molecule has 31 heavy (non-hydrogen) atoms. The summed E-state index contributed by atoms with van der Waals surface area (Å²) in [7, 11) is 0. The molecule has 0 aliphatic heterocycles. The molecule has 3 atom stereocenters. The molecule has 170 valence electrons. The maximum atomic E-state index is 12.4. The van der Waals surface area contributed by atoms with Gasteiger partial charge in [0.2, 0.25) is 0 Å². The van der Waals surface area contributed by atoms with Gasteiger partial charge in [-0.25, -0.2) is 0 Å². The second-order valence-electron chi connectivity index (χ2n) is 9.90. The first kappa shape index (κ1) is 25.6. The molecule has 2 aromatic carbocycles. The zero-order valence-corrected chi connectivity index (χ0v) is 21.4. The SMILES string of the molecule is CC(C)CC(C)C(C(C)C)C(O)(c1ccccc1)c1ccc(OC(=O)C(C)(C)Br)cc1. The predicted octanol–water partition coefficient (Wildman–Crippen LogP) is 6.96. The molecule has 4 heteroatoms. The third kappa shape index (κ3) is 6.20. The second kappa shape index (κ2) is 10.3. The van der Waals surface area contributed by atoms with Crippen molar-refractivity contribution in [3.63, 3.8) is 0 Å². The number of rotatable bonds is 9. The van der Waals surface area contributed by atoms with Gasteiger partial charge in [0.1, 0.15) is 15.7 Å². The second-order valence-corrected chi connectivity index (χ2v) is 11.9. The summed E-state index contributed by atoms with van der Waals surface area (Å²) in [5, 5.41) is 12.4. The molecule has 0 radical (unpaired) electrons. The van der Waals surface area contributed by atoms with Gasteiger partial charge in [-0.15, -0.1) is 0 Å². The molecule has 0 aliphatic rings. The number of esters is 1. The van der Waals surface area contributed by atoms with Gasteiger partial charge in [-0.05, 0) is 61.3 Å². The highest BCUT2D eigenvalue weighted by Gasteiger charge is 2.44. The predicted molar refractivity (Wildman–Crippen MR) is 131 cm³/mol. The molecule has 0 fully saturated rings. The Morgan fingerprint density at radius 3 is 1.90 bits per heavy atom. The van der Waals surface area contributed by atoms with Gasteiger partial charge in [-0.1, -0.05) is 93.0 Å². The normalized spacial score (nSPS) is 16.1. The highest BCUT2D eigenvalue weighted by molar-refractivity contribution is 9.10. The lowest BCUT2D eigenvalue weighted by atomic mass is 9.65. The van der Waals surface area contributed by atoms with E-state index in [9.17, 15) is 9.90 Å². The molecule has 0 heterocycles. The highest BCUT2D eigenvalue weighted by atomic mass is 79.9. The Morgan fingerprint density at radius 1 is 0.935 bits per heavy atom. The van der Waals surface area contributed by atoms with E-state index in [1.807, 2.05) is 42.5 Å². The lowest BCUT2D eigenvalue weighted by Crippen LogP contribution is -2.43. The Kier molecular flexibility index (Phi) is 8.52. The maximum Gasteiger partial charge on any atom is 0.327 e. The summed E-state index contributed by atoms with van der Waals surface area (Å²) in [5.41, 5.74) is 0.544. The van der Waals surface area contributed by atoms with Crippen molar-refractivity contribution in [1.29, 1.82) is 0 Å². The number of hydrogen-bond donors (Lipinski definition) is 1. The van der Waals surface area contributed by atoms with Crippen molar-refractivity contribution < 1.29 is 14.6 Å². The quantitative estimate of drug-likeness (QED) is 0.235. The standard InChI is InChI=1S/C27H37BrO3/c1-18(2)17-20(5)24(19(3)4)27(30,21-11-9-8-10-12-21)22-13-15-23(16-14-22)31-25(29)26(6,7)28/h8-16,18-20,24,30H,17H2,1-7H3. The van der Waals surface area contributed by atoms with Gasteiger partial charge in [-0.2, -0.15) is 0 Å². The molecule has 0 saturated heterocycles. The fourth-order valence-electron chi connectivity index (χ4n) is 4.69. The first-order chi connectivity index (χ1) is 14.4. The van der Waals surface area contributed by atoms with Crippen LogP contribution in [0.4, 0.5) is 0 Å². The van der Waals surface area contributed by atoms with Crippen LogP contribution in [-0.4, -0.2) is 15.4 Å². The molecule has 3 nitrogen and oxygen atoms in total. The fourth-order valence-corrected chi connectivity index (χ4v) is 4.77. The van der Waals surface area contributed by atoms with Crippen molar-refractivity contribution in [2.24, 2.45) is 23.7 Å². The average molecular weight is 489 g/mol. The minimum atomic E-state index is -1.15. The third-order valence-electron chi connectivity index (χ3n) is 5.86. The Bertz CT molecular complexity index is 837. The number of ether oxygens (including phenoxy) is 1. The molecule has 1 N–H and O–H groups in total. The van der Waals surface area contributed by atoms with Gasteiger partial charge >= 0.3 is 5.97 Å². The number of hydrogen-bond acceptors (Lipinski definition) is 3. The molecule has 0 aliphatic carbocycles. The van der Waals surface area contributed by atoms with Crippen LogP contribution in [0.3, 0.4) is 0 Å². The van der Waals surface area contributed by atoms with Crippen molar-refractivity contribution in [2.45, 2.75) is 64.8 Å². The van der Waals surface area contributed by atoms with Crippen LogP contribution < -0.4 is 4.74 Å². The summed E-state index contributed by atoms with van der Waals surface area (Å²) in [6, 6.07) is 17.2. The van der Waals surface area contributed by atoms with Gasteiger partial charge in [0.05, 0.1) is 0 Å². The lowest BCUT2D eigenvalue weighted by molar-refractivity contribution is -0.136. The summed E-state index contributed by atoms with van der Waals surface area (Å²) < 4.78 is 4.73. The van der Waals surface area contributed by atoms with Gasteiger partial charge < -0.3 is 9.84 Å². The Labute approximate surface area is 196 Å². The molecule has 0 amide bonds. The lowest BCUT2D eigenvalue weighted by Gasteiger charge is -2.43. The smallest absolute Gasteiger partial charge is 0.327 e. The minimum absolute atomic E-state index is 0.0205. The zero-order valence-electron chi connectivity index (χ0n) is 19.9. The Morgan fingerprint density at radius 2 is 1.45 bits per heavy atom. The zero-order chi connectivity index (χ0) is 23.4. The van der Waals surface area contributed by atoms with E-state index in [1.165, 1.54) is 0 Å². The highest BCUT2D eigenvalue weighted by Crippen LogP contribution is 2.46. The molecule has 2 rings (SSSR count). The monoisotopic (exact) mass is 488 g/mol. The molecular weight excluding hydrogens is 452 g/mol. The summed E-state index contributed by atoms with van der Waals surface area (Å²) in [4.78, 5) is 12.2. The van der Waals surface area contributed by atoms with E-state index >= 15 is 0 Å². The van der Waals surface area contributed by atoms with Crippen LogP contribution in [0.25, 0.3) is 0 Å². The molecule has 0 aromatic heterocycles. The van der Waals surface area contributed by atoms with Gasteiger partial charge in [0, 0.05) is 5.92 Å². The van der Waals surface area contributed by atoms with Crippen LogP contribution >= 0.6 is 15.9 Å². The summed E-state index contributed by atoms with van der Waals surface area (Å²) in [5.74, 6) is 1.26. The van der Waals surface area contributed by atoms with E-state index in [0.717, 1.165) is 17.5 Å². The first-order valence-corrected chi connectivity index (χ1v) is 12.0. The Hall–Kier alpha value is -1.65. The van der Waals surface area contributed by atoms with E-state index in [1.54, 1.807) is 26.0 Å². The Balaban J connectivity index is 2.52. The van der Waals surface area contributed by atoms with Gasteiger partial charge in [0.25, 0.3) is 0 Å². The topological polar surface area (TPSA) is 46.5 Å². The van der Waals surface area contributed by atoms with Gasteiger partial charge in [0.15, 0.2) is 0 Å². The summed E-state index contributed by atoms with van der Waals surface area (Å²) in [6.45, 7) is 14.6. The van der Waals surface area contributed by atoms with Crippen molar-refractivity contribution >= 4 is 21.9 Å². The van der Waals surface area contributed by atoms with Crippen LogP contribution in [0.1, 0.15) is 66.0 Å². The molecular formula is C27H37BrO3. The van der Waals surface area contributed by atoms with E-state index in [4.69, 9.17) is 4.74 Å². The molecule has 0 bridgehead atoms. The van der Waals surface area contributed by atoms with E-state index in [2.05, 4.69) is 50.5 Å². The van der Waals surface area contributed by atoms with Crippen LogP contribution in [0.2, 0.25) is 0 Å². The molecule has 2 aromatic rings. The van der Waals surface area contributed by atoms with Crippen molar-refractivity contribution in [2.75, 3.05) is 0 Å². The number of carbonyl (C=O) groups is 1. The third-order valence-corrected chi connectivity index (χ3v) is 6.18. The van der Waals surface area contributed by atoms with Crippen LogP contribution in [0.5, 0.6) is 5.75 Å². The summed E-state index contributed by atoms with van der Waals surface area (Å²) >= 11 is 3.33. The minimum Gasteiger partial charge on any atom is -0.426 e. The number of aliphatic hydroxyl groups is 1. The first-order valence-electron chi connectivity index (χ1n) is 11.2.